The van der Waals surface area contributed by atoms with Crippen molar-refractivity contribution in [1.29, 1.82) is 0 Å². The van der Waals surface area contributed by atoms with E-state index in [4.69, 9.17) is 0 Å². The molecular formula is C13H8BrF4NO. The smallest absolute Gasteiger partial charge is 0.384 e. The van der Waals surface area contributed by atoms with Gasteiger partial charge in [-0.05, 0) is 28.1 Å². The lowest BCUT2D eigenvalue weighted by atomic mass is 9.98. The molecule has 7 heteroatoms. The topological polar surface area (TPSA) is 33.1 Å². The van der Waals surface area contributed by atoms with Crippen LogP contribution in [0.2, 0.25) is 0 Å². The number of aromatic nitrogens is 1. The van der Waals surface area contributed by atoms with E-state index < -0.39 is 29.2 Å². The Morgan fingerprint density at radius 3 is 2.50 bits per heavy atom. The van der Waals surface area contributed by atoms with Crippen LogP contribution >= 0.6 is 15.9 Å². The summed E-state index contributed by atoms with van der Waals surface area (Å²) in [4.78, 5) is 3.59. The van der Waals surface area contributed by atoms with E-state index in [1.54, 1.807) is 0 Å². The Labute approximate surface area is 120 Å². The van der Waals surface area contributed by atoms with Crippen LogP contribution in [0.1, 0.15) is 22.8 Å². The van der Waals surface area contributed by atoms with Crippen molar-refractivity contribution in [3.8, 4) is 0 Å². The summed E-state index contributed by atoms with van der Waals surface area (Å²) in [6.45, 7) is 0. The molecule has 0 aliphatic rings. The molecule has 2 aromatic rings. The Morgan fingerprint density at radius 1 is 1.15 bits per heavy atom. The highest BCUT2D eigenvalue weighted by molar-refractivity contribution is 9.10. The van der Waals surface area contributed by atoms with Crippen molar-refractivity contribution in [2.24, 2.45) is 0 Å². The first-order valence-electron chi connectivity index (χ1n) is 5.45. The standard InChI is InChI=1S/C13H8BrF4NO/c14-11-7(2-1-3-10(11)15)12(20)8-6-19-5-4-9(8)13(16,17)18/h1-6,12,20H. The number of rotatable bonds is 2. The van der Waals surface area contributed by atoms with Gasteiger partial charge in [0.1, 0.15) is 11.9 Å². The van der Waals surface area contributed by atoms with E-state index in [-0.39, 0.29) is 10.0 Å². The Bertz CT molecular complexity index is 630. The van der Waals surface area contributed by atoms with Gasteiger partial charge in [0.25, 0.3) is 0 Å². The van der Waals surface area contributed by atoms with Crippen molar-refractivity contribution < 1.29 is 22.7 Å². The summed E-state index contributed by atoms with van der Waals surface area (Å²) in [7, 11) is 0. The van der Waals surface area contributed by atoms with Crippen LogP contribution in [-0.4, -0.2) is 10.1 Å². The molecule has 0 saturated carbocycles. The largest absolute Gasteiger partial charge is 0.416 e. The minimum atomic E-state index is -4.63. The lowest BCUT2D eigenvalue weighted by molar-refractivity contribution is -0.139. The second-order valence-corrected chi connectivity index (χ2v) is 4.80. The molecule has 0 aliphatic carbocycles. The molecule has 0 spiro atoms. The molecule has 0 radical (unpaired) electrons. The molecule has 106 valence electrons. The molecule has 0 bridgehead atoms. The third-order valence-corrected chi connectivity index (χ3v) is 3.56. The number of alkyl halides is 3. The van der Waals surface area contributed by atoms with E-state index in [1.807, 2.05) is 0 Å². The molecule has 1 aromatic heterocycles. The van der Waals surface area contributed by atoms with Crippen molar-refractivity contribution in [2.45, 2.75) is 12.3 Å². The summed E-state index contributed by atoms with van der Waals surface area (Å²) in [5, 5.41) is 10.1. The van der Waals surface area contributed by atoms with E-state index in [0.29, 0.717) is 0 Å². The molecule has 1 atom stereocenters. The van der Waals surface area contributed by atoms with Crippen LogP contribution in [0.15, 0.2) is 41.1 Å². The monoisotopic (exact) mass is 349 g/mol. The molecule has 1 unspecified atom stereocenters. The average Bonchev–Trinajstić information content (AvgIpc) is 2.40. The Hall–Kier alpha value is -1.47. The number of hydrogen-bond donors (Lipinski definition) is 1. The molecule has 2 nitrogen and oxygen atoms in total. The zero-order valence-corrected chi connectivity index (χ0v) is 11.4. The van der Waals surface area contributed by atoms with Gasteiger partial charge in [0.2, 0.25) is 0 Å². The maximum Gasteiger partial charge on any atom is 0.416 e. The minimum Gasteiger partial charge on any atom is -0.384 e. The Balaban J connectivity index is 2.55. The number of pyridine rings is 1. The van der Waals surface area contributed by atoms with Crippen LogP contribution in [-0.2, 0) is 6.18 Å². The third kappa shape index (κ3) is 2.83. The Morgan fingerprint density at radius 2 is 1.85 bits per heavy atom. The van der Waals surface area contributed by atoms with Gasteiger partial charge in [-0.3, -0.25) is 4.98 Å². The molecule has 1 aromatic carbocycles. The summed E-state index contributed by atoms with van der Waals surface area (Å²) >= 11 is 2.92. The second kappa shape index (κ2) is 5.49. The summed E-state index contributed by atoms with van der Waals surface area (Å²) < 4.78 is 52.0. The first-order chi connectivity index (χ1) is 9.32. The van der Waals surface area contributed by atoms with E-state index >= 15 is 0 Å². The van der Waals surface area contributed by atoms with Gasteiger partial charge in [0.05, 0.1) is 10.0 Å². The van der Waals surface area contributed by atoms with Crippen LogP contribution in [0.4, 0.5) is 17.6 Å². The number of benzene rings is 1. The second-order valence-electron chi connectivity index (χ2n) is 4.01. The quantitative estimate of drug-likeness (QED) is 0.828. The van der Waals surface area contributed by atoms with Crippen LogP contribution in [0.5, 0.6) is 0 Å². The first kappa shape index (κ1) is 14.9. The van der Waals surface area contributed by atoms with Crippen molar-refractivity contribution >= 4 is 15.9 Å². The fraction of sp³-hybridized carbons (Fsp3) is 0.154. The molecule has 0 fully saturated rings. The van der Waals surface area contributed by atoms with Crippen LogP contribution < -0.4 is 0 Å². The summed E-state index contributed by atoms with van der Waals surface area (Å²) in [6, 6.07) is 4.55. The number of aliphatic hydroxyl groups excluding tert-OH is 1. The normalized spacial score (nSPS) is 13.3. The van der Waals surface area contributed by atoms with Crippen molar-refractivity contribution in [3.05, 3.63) is 63.6 Å². The maximum atomic E-state index is 13.4. The van der Waals surface area contributed by atoms with Gasteiger partial charge in [-0.15, -0.1) is 0 Å². The lowest BCUT2D eigenvalue weighted by Gasteiger charge is -2.18. The highest BCUT2D eigenvalue weighted by atomic mass is 79.9. The number of hydrogen-bond acceptors (Lipinski definition) is 2. The van der Waals surface area contributed by atoms with E-state index in [2.05, 4.69) is 20.9 Å². The molecular weight excluding hydrogens is 342 g/mol. The molecule has 20 heavy (non-hydrogen) atoms. The number of nitrogens with zero attached hydrogens (tertiary/aromatic N) is 1. The van der Waals surface area contributed by atoms with Gasteiger partial charge < -0.3 is 5.11 Å². The zero-order valence-electron chi connectivity index (χ0n) is 9.83. The molecule has 1 N–H and O–H groups in total. The summed E-state index contributed by atoms with van der Waals surface area (Å²) in [5.41, 5.74) is -1.43. The predicted molar refractivity (Wildman–Crippen MR) is 67.4 cm³/mol. The van der Waals surface area contributed by atoms with Gasteiger partial charge in [0, 0.05) is 23.5 Å². The third-order valence-electron chi connectivity index (χ3n) is 2.73. The maximum absolute atomic E-state index is 13.4. The van der Waals surface area contributed by atoms with Crippen molar-refractivity contribution in [1.82, 2.24) is 4.98 Å². The number of aliphatic hydroxyl groups is 1. The van der Waals surface area contributed by atoms with Gasteiger partial charge in [-0.2, -0.15) is 13.2 Å². The first-order valence-corrected chi connectivity index (χ1v) is 6.24. The highest BCUT2D eigenvalue weighted by Crippen LogP contribution is 2.37. The zero-order chi connectivity index (χ0) is 14.9. The lowest BCUT2D eigenvalue weighted by Crippen LogP contribution is -2.13. The van der Waals surface area contributed by atoms with Crippen molar-refractivity contribution in [2.75, 3.05) is 0 Å². The summed E-state index contributed by atoms with van der Waals surface area (Å²) in [5.74, 6) is -0.668. The SMILES string of the molecule is OC(c1cnccc1C(F)(F)F)c1cccc(F)c1Br. The molecule has 0 amide bonds. The molecule has 0 aliphatic heterocycles. The fourth-order valence-corrected chi connectivity index (χ4v) is 2.26. The molecule has 1 heterocycles. The average molecular weight is 350 g/mol. The van der Waals surface area contributed by atoms with E-state index in [9.17, 15) is 22.7 Å². The summed E-state index contributed by atoms with van der Waals surface area (Å²) in [6.07, 6.45) is -4.35. The van der Waals surface area contributed by atoms with Gasteiger partial charge >= 0.3 is 6.18 Å². The highest BCUT2D eigenvalue weighted by Gasteiger charge is 2.35. The van der Waals surface area contributed by atoms with Crippen LogP contribution in [0, 0.1) is 5.82 Å². The van der Waals surface area contributed by atoms with Crippen LogP contribution in [0.25, 0.3) is 0 Å². The predicted octanol–water partition coefficient (Wildman–Crippen LogP) is 4.08. The molecule has 2 rings (SSSR count). The van der Waals surface area contributed by atoms with Gasteiger partial charge in [-0.25, -0.2) is 4.39 Å². The van der Waals surface area contributed by atoms with E-state index in [1.165, 1.54) is 12.1 Å². The van der Waals surface area contributed by atoms with Gasteiger partial charge in [0.15, 0.2) is 0 Å². The van der Waals surface area contributed by atoms with Crippen molar-refractivity contribution in [3.63, 3.8) is 0 Å². The van der Waals surface area contributed by atoms with E-state index in [0.717, 1.165) is 24.5 Å². The molecule has 0 saturated heterocycles. The minimum absolute atomic E-state index is 0.00324. The van der Waals surface area contributed by atoms with Crippen LogP contribution in [0.3, 0.4) is 0 Å². The van der Waals surface area contributed by atoms with Gasteiger partial charge in [-0.1, -0.05) is 12.1 Å². The fourth-order valence-electron chi connectivity index (χ4n) is 1.78. The Kier molecular flexibility index (Phi) is 4.10. The number of halogens is 5.